The molecular weight excluding hydrogens is 550 g/mol. The number of fused-ring (bicyclic) bond motifs is 1. The minimum Gasteiger partial charge on any atom is -0.493 e. The molecule has 2 amide bonds. The van der Waals surface area contributed by atoms with Gasteiger partial charge in [0.05, 0.1) is 55.7 Å². The molecule has 41 heavy (non-hydrogen) atoms. The van der Waals surface area contributed by atoms with Gasteiger partial charge in [0.1, 0.15) is 0 Å². The Morgan fingerprint density at radius 2 is 1.76 bits per heavy atom. The number of amidine groups is 1. The van der Waals surface area contributed by atoms with Crippen molar-refractivity contribution in [1.82, 2.24) is 4.90 Å². The van der Waals surface area contributed by atoms with Crippen LogP contribution in [0.15, 0.2) is 69.7 Å². The van der Waals surface area contributed by atoms with E-state index in [9.17, 15) is 19.2 Å². The Balaban J connectivity index is 1.66. The molecular formula is C29H29N3O8S. The number of nitrogens with one attached hydrogen (secondary N) is 1. The van der Waals surface area contributed by atoms with E-state index in [1.807, 2.05) is 6.07 Å². The molecule has 2 aromatic carbocycles. The second-order valence-corrected chi connectivity index (χ2v) is 9.84. The molecule has 0 saturated carbocycles. The molecule has 1 unspecified atom stereocenters. The summed E-state index contributed by atoms with van der Waals surface area (Å²) in [5.74, 6) is -1.14. The standard InChI is InChI=1S/C29H29N3O8S/c1-6-40-28(36)24-16(2)30-29-32(20(24)14-18-8-7-9-21(37-3)25(18)38-4)23(33)15-22(41-29)26(34)31-19-12-10-17(11-13-19)27(35)39-5/h7-13,15,20H,6,14H2,1-5H3,(H,31,34). The van der Waals surface area contributed by atoms with Gasteiger partial charge in [-0.3, -0.25) is 14.5 Å². The summed E-state index contributed by atoms with van der Waals surface area (Å²) in [6.07, 6.45) is 1.40. The highest BCUT2D eigenvalue weighted by Gasteiger charge is 2.42. The Hall–Kier alpha value is -4.58. The average Bonchev–Trinajstić information content (AvgIpc) is 2.96. The molecule has 2 heterocycles. The number of aliphatic imine (C=N–C) groups is 1. The molecule has 0 saturated heterocycles. The van der Waals surface area contributed by atoms with Crippen molar-refractivity contribution >= 4 is 46.4 Å². The summed E-state index contributed by atoms with van der Waals surface area (Å²) < 4.78 is 21.0. The highest BCUT2D eigenvalue weighted by atomic mass is 32.2. The Morgan fingerprint density at radius 3 is 2.39 bits per heavy atom. The third-order valence-electron chi connectivity index (χ3n) is 6.38. The van der Waals surface area contributed by atoms with Gasteiger partial charge in [-0.1, -0.05) is 12.1 Å². The Bertz CT molecular complexity index is 1480. The molecule has 2 aromatic rings. The van der Waals surface area contributed by atoms with Gasteiger partial charge in [0.25, 0.3) is 11.8 Å². The monoisotopic (exact) mass is 579 g/mol. The number of anilines is 1. The molecule has 1 N–H and O–H groups in total. The summed E-state index contributed by atoms with van der Waals surface area (Å²) in [7, 11) is 4.32. The molecule has 12 heteroatoms. The van der Waals surface area contributed by atoms with Crippen LogP contribution in [0, 0.1) is 0 Å². The van der Waals surface area contributed by atoms with Gasteiger partial charge in [0.2, 0.25) is 0 Å². The van der Waals surface area contributed by atoms with Gasteiger partial charge in [-0.2, -0.15) is 0 Å². The van der Waals surface area contributed by atoms with E-state index in [4.69, 9.17) is 14.2 Å². The molecule has 0 aromatic heterocycles. The minimum atomic E-state index is -0.783. The highest BCUT2D eigenvalue weighted by molar-refractivity contribution is 8.18. The van der Waals surface area contributed by atoms with Gasteiger partial charge in [-0.05, 0) is 55.9 Å². The van der Waals surface area contributed by atoms with Crippen LogP contribution in [0.1, 0.15) is 29.8 Å². The van der Waals surface area contributed by atoms with Crippen LogP contribution in [0.3, 0.4) is 0 Å². The molecule has 0 bridgehead atoms. The Kier molecular flexibility index (Phi) is 9.13. The van der Waals surface area contributed by atoms with Crippen LogP contribution in [0.5, 0.6) is 11.5 Å². The second kappa shape index (κ2) is 12.7. The zero-order valence-corrected chi connectivity index (χ0v) is 24.0. The van der Waals surface area contributed by atoms with Crippen LogP contribution >= 0.6 is 11.8 Å². The van der Waals surface area contributed by atoms with E-state index in [0.717, 1.165) is 11.8 Å². The molecule has 2 aliphatic rings. The lowest BCUT2D eigenvalue weighted by molar-refractivity contribution is -0.139. The van der Waals surface area contributed by atoms with Crippen LogP contribution in [0.25, 0.3) is 0 Å². The van der Waals surface area contributed by atoms with E-state index >= 15 is 0 Å². The van der Waals surface area contributed by atoms with E-state index < -0.39 is 29.8 Å². The molecule has 0 spiro atoms. The van der Waals surface area contributed by atoms with Gasteiger partial charge >= 0.3 is 11.9 Å². The smallest absolute Gasteiger partial charge is 0.337 e. The summed E-state index contributed by atoms with van der Waals surface area (Å²) in [4.78, 5) is 57.4. The van der Waals surface area contributed by atoms with Crippen molar-refractivity contribution in [3.63, 3.8) is 0 Å². The molecule has 1 atom stereocenters. The number of benzene rings is 2. The predicted octanol–water partition coefficient (Wildman–Crippen LogP) is 3.71. The topological polar surface area (TPSA) is 133 Å². The van der Waals surface area contributed by atoms with Gasteiger partial charge in [-0.25, -0.2) is 14.6 Å². The zero-order valence-electron chi connectivity index (χ0n) is 23.2. The number of carbonyl (C=O) groups is 4. The van der Waals surface area contributed by atoms with E-state index in [2.05, 4.69) is 15.0 Å². The van der Waals surface area contributed by atoms with Gasteiger partial charge in [-0.15, -0.1) is 0 Å². The number of hydrogen-bond acceptors (Lipinski definition) is 10. The number of carbonyl (C=O) groups excluding carboxylic acids is 4. The lowest BCUT2D eigenvalue weighted by Gasteiger charge is -2.38. The number of para-hydroxylation sites is 1. The van der Waals surface area contributed by atoms with Crippen molar-refractivity contribution in [2.24, 2.45) is 4.99 Å². The fourth-order valence-electron chi connectivity index (χ4n) is 4.51. The average molecular weight is 580 g/mol. The predicted molar refractivity (Wildman–Crippen MR) is 153 cm³/mol. The van der Waals surface area contributed by atoms with Crippen molar-refractivity contribution in [2.75, 3.05) is 33.3 Å². The molecule has 2 aliphatic heterocycles. The first-order valence-electron chi connectivity index (χ1n) is 12.6. The van der Waals surface area contributed by atoms with Crippen LogP contribution in [-0.4, -0.2) is 67.8 Å². The number of rotatable bonds is 9. The van der Waals surface area contributed by atoms with E-state index in [-0.39, 0.29) is 28.7 Å². The van der Waals surface area contributed by atoms with Crippen molar-refractivity contribution in [2.45, 2.75) is 26.3 Å². The van der Waals surface area contributed by atoms with E-state index in [1.165, 1.54) is 44.4 Å². The molecule has 0 aliphatic carbocycles. The third-order valence-corrected chi connectivity index (χ3v) is 7.37. The summed E-state index contributed by atoms with van der Waals surface area (Å²) in [6, 6.07) is 10.7. The number of ether oxygens (including phenoxy) is 4. The first kappa shape index (κ1) is 29.4. The summed E-state index contributed by atoms with van der Waals surface area (Å²) in [5.41, 5.74) is 2.07. The Morgan fingerprint density at radius 1 is 1.02 bits per heavy atom. The molecule has 11 nitrogen and oxygen atoms in total. The molecule has 4 rings (SSSR count). The number of esters is 2. The van der Waals surface area contributed by atoms with Crippen LogP contribution in [-0.2, 0) is 30.3 Å². The summed E-state index contributed by atoms with van der Waals surface area (Å²) in [5, 5.41) is 2.97. The number of thioether (sulfide) groups is 1. The van der Waals surface area contributed by atoms with Crippen molar-refractivity contribution in [1.29, 1.82) is 0 Å². The highest BCUT2D eigenvalue weighted by Crippen LogP contribution is 2.39. The second-order valence-electron chi connectivity index (χ2n) is 8.83. The minimum absolute atomic E-state index is 0.118. The largest absolute Gasteiger partial charge is 0.493 e. The van der Waals surface area contributed by atoms with Crippen LogP contribution < -0.4 is 14.8 Å². The van der Waals surface area contributed by atoms with Gasteiger partial charge in [0.15, 0.2) is 16.7 Å². The number of amides is 2. The van der Waals surface area contributed by atoms with Crippen LogP contribution in [0.4, 0.5) is 5.69 Å². The maximum Gasteiger partial charge on any atom is 0.337 e. The lowest BCUT2D eigenvalue weighted by atomic mass is 9.94. The van der Waals surface area contributed by atoms with Gasteiger partial charge < -0.3 is 24.3 Å². The normalized spacial score (nSPS) is 16.3. The maximum atomic E-state index is 13.6. The SMILES string of the molecule is CCOC(=O)C1=C(C)N=C2SC(C(=O)Nc3ccc(C(=O)OC)cc3)=CC(=O)N2C1Cc1cccc(OC)c1OC. The molecule has 214 valence electrons. The van der Waals surface area contributed by atoms with Crippen molar-refractivity contribution < 1.29 is 38.1 Å². The van der Waals surface area contributed by atoms with E-state index in [1.54, 1.807) is 38.1 Å². The number of nitrogens with zero attached hydrogens (tertiary/aromatic N) is 2. The van der Waals surface area contributed by atoms with Crippen molar-refractivity contribution in [3.8, 4) is 11.5 Å². The zero-order chi connectivity index (χ0) is 29.7. The van der Waals surface area contributed by atoms with Crippen LogP contribution in [0.2, 0.25) is 0 Å². The van der Waals surface area contributed by atoms with Crippen molar-refractivity contribution in [3.05, 3.63) is 75.8 Å². The number of hydrogen-bond donors (Lipinski definition) is 1. The van der Waals surface area contributed by atoms with Gasteiger partial charge in [0, 0.05) is 23.7 Å². The summed E-state index contributed by atoms with van der Waals surface area (Å²) in [6.45, 7) is 3.51. The lowest BCUT2D eigenvalue weighted by Crippen LogP contribution is -2.50. The summed E-state index contributed by atoms with van der Waals surface area (Å²) >= 11 is 1.01. The Labute approximate surface area is 241 Å². The maximum absolute atomic E-state index is 13.6. The first-order chi connectivity index (χ1) is 19.7. The number of allylic oxidation sites excluding steroid dienone is 1. The fraction of sp³-hybridized carbons (Fsp3) is 0.276. The fourth-order valence-corrected chi connectivity index (χ4v) is 5.51. The first-order valence-corrected chi connectivity index (χ1v) is 13.4. The molecule has 0 fully saturated rings. The molecule has 0 radical (unpaired) electrons. The third kappa shape index (κ3) is 6.12. The quantitative estimate of drug-likeness (QED) is 0.442. The van der Waals surface area contributed by atoms with E-state index in [0.29, 0.717) is 34.0 Å². The number of methoxy groups -OCH3 is 3.